The van der Waals surface area contributed by atoms with Gasteiger partial charge in [-0.1, -0.05) is 44.2 Å². The third-order valence-corrected chi connectivity index (χ3v) is 4.08. The highest BCUT2D eigenvalue weighted by atomic mass is 16.6. The SMILES string of the molecule is CCc1cccc(CC)c1NC(=O)/C(C#N)=C\Nc1ccccc1[N+](=O)[O-]. The maximum Gasteiger partial charge on any atom is 0.292 e. The normalized spacial score (nSPS) is 10.8. The van der Waals surface area contributed by atoms with Gasteiger partial charge in [-0.15, -0.1) is 0 Å². The molecule has 0 aliphatic carbocycles. The number of hydrogen-bond acceptors (Lipinski definition) is 5. The number of carbonyl (C=O) groups excluding carboxylic acids is 1. The van der Waals surface area contributed by atoms with E-state index < -0.39 is 10.8 Å². The van der Waals surface area contributed by atoms with Crippen molar-refractivity contribution in [1.82, 2.24) is 0 Å². The lowest BCUT2D eigenvalue weighted by molar-refractivity contribution is -0.383. The van der Waals surface area contributed by atoms with Gasteiger partial charge < -0.3 is 10.6 Å². The first-order valence-corrected chi connectivity index (χ1v) is 8.54. The summed E-state index contributed by atoms with van der Waals surface area (Å²) < 4.78 is 0. The topological polar surface area (TPSA) is 108 Å². The fraction of sp³-hybridized carbons (Fsp3) is 0.200. The van der Waals surface area contributed by atoms with Crippen LogP contribution in [0.15, 0.2) is 54.2 Å². The largest absolute Gasteiger partial charge is 0.355 e. The summed E-state index contributed by atoms with van der Waals surface area (Å²) in [4.78, 5) is 23.1. The molecule has 1 amide bonds. The Kier molecular flexibility index (Phi) is 6.67. The Morgan fingerprint density at radius 1 is 1.15 bits per heavy atom. The number of nitrogens with zero attached hydrogens (tertiary/aromatic N) is 2. The Labute approximate surface area is 157 Å². The highest BCUT2D eigenvalue weighted by Crippen LogP contribution is 2.25. The Balaban J connectivity index is 2.27. The van der Waals surface area contributed by atoms with E-state index in [1.165, 1.54) is 18.3 Å². The molecule has 2 N–H and O–H groups in total. The Morgan fingerprint density at radius 3 is 2.33 bits per heavy atom. The van der Waals surface area contributed by atoms with Gasteiger partial charge in [0.05, 0.1) is 4.92 Å². The van der Waals surface area contributed by atoms with Crippen molar-refractivity contribution in [2.45, 2.75) is 26.7 Å². The molecule has 0 radical (unpaired) electrons. The van der Waals surface area contributed by atoms with Gasteiger partial charge in [-0.05, 0) is 30.0 Å². The van der Waals surface area contributed by atoms with Crippen molar-refractivity contribution in [2.75, 3.05) is 10.6 Å². The van der Waals surface area contributed by atoms with E-state index in [0.29, 0.717) is 5.69 Å². The van der Waals surface area contributed by atoms with E-state index in [0.717, 1.165) is 24.0 Å². The van der Waals surface area contributed by atoms with Gasteiger partial charge in [0, 0.05) is 18.0 Å². The Bertz CT molecular complexity index is 907. The summed E-state index contributed by atoms with van der Waals surface area (Å²) in [5.41, 5.74) is 2.54. The molecular formula is C20H20N4O3. The van der Waals surface area contributed by atoms with Crippen LogP contribution in [0.2, 0.25) is 0 Å². The molecule has 0 atom stereocenters. The fourth-order valence-corrected chi connectivity index (χ4v) is 2.64. The van der Waals surface area contributed by atoms with Gasteiger partial charge in [0.15, 0.2) is 0 Å². The van der Waals surface area contributed by atoms with E-state index in [1.54, 1.807) is 12.1 Å². The Morgan fingerprint density at radius 2 is 1.78 bits per heavy atom. The van der Waals surface area contributed by atoms with Crippen LogP contribution in [0.3, 0.4) is 0 Å². The van der Waals surface area contributed by atoms with Crippen LogP contribution >= 0.6 is 0 Å². The first-order chi connectivity index (χ1) is 13.0. The third kappa shape index (κ3) is 4.70. The molecule has 2 rings (SSSR count). The molecule has 0 spiro atoms. The van der Waals surface area contributed by atoms with Crippen molar-refractivity contribution in [3.63, 3.8) is 0 Å². The first kappa shape index (κ1) is 19.7. The molecule has 0 aromatic heterocycles. The Hall–Kier alpha value is -3.66. The number of rotatable bonds is 7. The van der Waals surface area contributed by atoms with E-state index >= 15 is 0 Å². The summed E-state index contributed by atoms with van der Waals surface area (Å²) in [7, 11) is 0. The standard InChI is InChI=1S/C20H20N4O3/c1-3-14-8-7-9-15(4-2)19(14)23-20(25)16(12-21)13-22-17-10-5-6-11-18(17)24(26)27/h5-11,13,22H,3-4H2,1-2H3,(H,23,25)/b16-13-. The van der Waals surface area contributed by atoms with Crippen molar-refractivity contribution in [2.24, 2.45) is 0 Å². The second-order valence-corrected chi connectivity index (χ2v) is 5.70. The molecule has 2 aromatic rings. The van der Waals surface area contributed by atoms with Gasteiger partial charge in [-0.2, -0.15) is 5.26 Å². The fourth-order valence-electron chi connectivity index (χ4n) is 2.64. The number of para-hydroxylation sites is 3. The summed E-state index contributed by atoms with van der Waals surface area (Å²) in [6.45, 7) is 3.98. The van der Waals surface area contributed by atoms with Gasteiger partial charge in [0.1, 0.15) is 17.3 Å². The van der Waals surface area contributed by atoms with Gasteiger partial charge in [-0.3, -0.25) is 14.9 Å². The lowest BCUT2D eigenvalue weighted by Gasteiger charge is -2.14. The number of benzene rings is 2. The number of hydrogen-bond donors (Lipinski definition) is 2. The molecular weight excluding hydrogens is 344 g/mol. The van der Waals surface area contributed by atoms with Crippen LogP contribution in [0.25, 0.3) is 0 Å². The number of anilines is 2. The molecule has 138 valence electrons. The molecule has 2 aromatic carbocycles. The monoisotopic (exact) mass is 364 g/mol. The molecule has 7 heteroatoms. The summed E-state index contributed by atoms with van der Waals surface area (Å²) in [6, 6.07) is 13.6. The first-order valence-electron chi connectivity index (χ1n) is 8.54. The number of nitro groups is 1. The summed E-state index contributed by atoms with van der Waals surface area (Å²) in [5.74, 6) is -0.570. The second-order valence-electron chi connectivity index (χ2n) is 5.70. The zero-order valence-corrected chi connectivity index (χ0v) is 15.2. The molecule has 0 heterocycles. The average molecular weight is 364 g/mol. The summed E-state index contributed by atoms with van der Waals surface area (Å²) in [5, 5.41) is 25.9. The number of carbonyl (C=O) groups is 1. The lowest BCUT2D eigenvalue weighted by atomic mass is 10.0. The van der Waals surface area contributed by atoms with E-state index in [9.17, 15) is 20.2 Å². The lowest BCUT2D eigenvalue weighted by Crippen LogP contribution is -2.17. The van der Waals surface area contributed by atoms with Crippen molar-refractivity contribution in [3.8, 4) is 6.07 Å². The quantitative estimate of drug-likeness (QED) is 0.332. The molecule has 7 nitrogen and oxygen atoms in total. The van der Waals surface area contributed by atoms with Gasteiger partial charge in [0.25, 0.3) is 11.6 Å². The van der Waals surface area contributed by atoms with Gasteiger partial charge >= 0.3 is 0 Å². The molecule has 0 unspecified atom stereocenters. The minimum atomic E-state index is -0.570. The number of nitrogens with one attached hydrogen (secondary N) is 2. The molecule has 0 fully saturated rings. The van der Waals surface area contributed by atoms with Crippen LogP contribution in [0.1, 0.15) is 25.0 Å². The van der Waals surface area contributed by atoms with Gasteiger partial charge in [-0.25, -0.2) is 0 Å². The number of aryl methyl sites for hydroxylation is 2. The highest BCUT2D eigenvalue weighted by molar-refractivity contribution is 6.07. The maximum absolute atomic E-state index is 12.5. The van der Waals surface area contributed by atoms with E-state index in [4.69, 9.17) is 0 Å². The molecule has 0 aliphatic rings. The molecule has 0 saturated heterocycles. The molecule has 0 bridgehead atoms. The van der Waals surface area contributed by atoms with Crippen molar-refractivity contribution >= 4 is 23.0 Å². The van der Waals surface area contributed by atoms with Crippen LogP contribution in [0.5, 0.6) is 0 Å². The van der Waals surface area contributed by atoms with Crippen LogP contribution in [0.4, 0.5) is 17.1 Å². The summed E-state index contributed by atoms with van der Waals surface area (Å²) in [6.07, 6.45) is 2.66. The van der Waals surface area contributed by atoms with Gasteiger partial charge in [0.2, 0.25) is 0 Å². The van der Waals surface area contributed by atoms with Crippen LogP contribution in [-0.4, -0.2) is 10.8 Å². The zero-order valence-electron chi connectivity index (χ0n) is 15.2. The highest BCUT2D eigenvalue weighted by Gasteiger charge is 2.15. The second kappa shape index (κ2) is 9.15. The number of nitro benzene ring substituents is 1. The average Bonchev–Trinajstić information content (AvgIpc) is 2.68. The van der Waals surface area contributed by atoms with Crippen molar-refractivity contribution in [3.05, 3.63) is 75.5 Å². The predicted molar refractivity (Wildman–Crippen MR) is 104 cm³/mol. The van der Waals surface area contributed by atoms with Crippen molar-refractivity contribution in [1.29, 1.82) is 5.26 Å². The maximum atomic E-state index is 12.5. The van der Waals surface area contributed by atoms with E-state index in [-0.39, 0.29) is 16.9 Å². The molecule has 0 aliphatic heterocycles. The summed E-state index contributed by atoms with van der Waals surface area (Å²) >= 11 is 0. The van der Waals surface area contributed by atoms with E-state index in [1.807, 2.05) is 38.1 Å². The van der Waals surface area contributed by atoms with Crippen LogP contribution < -0.4 is 10.6 Å². The van der Waals surface area contributed by atoms with Crippen LogP contribution in [-0.2, 0) is 17.6 Å². The minimum Gasteiger partial charge on any atom is -0.355 e. The van der Waals surface area contributed by atoms with Crippen molar-refractivity contribution < 1.29 is 9.72 Å². The zero-order chi connectivity index (χ0) is 19.8. The third-order valence-electron chi connectivity index (χ3n) is 4.08. The molecule has 27 heavy (non-hydrogen) atoms. The van der Waals surface area contributed by atoms with Crippen LogP contribution in [0, 0.1) is 21.4 Å². The smallest absolute Gasteiger partial charge is 0.292 e. The van der Waals surface area contributed by atoms with E-state index in [2.05, 4.69) is 10.6 Å². The minimum absolute atomic E-state index is 0.143. The molecule has 0 saturated carbocycles. The predicted octanol–water partition coefficient (Wildman–Crippen LogP) is 4.18. The number of nitriles is 1. The number of amides is 1.